The predicted octanol–water partition coefficient (Wildman–Crippen LogP) is 1.15. The van der Waals surface area contributed by atoms with Crippen molar-refractivity contribution in [2.24, 2.45) is 0 Å². The van der Waals surface area contributed by atoms with Gasteiger partial charge in [-0.2, -0.15) is 0 Å². The Bertz CT molecular complexity index is 531. The van der Waals surface area contributed by atoms with Gasteiger partial charge in [0.1, 0.15) is 0 Å². The highest BCUT2D eigenvalue weighted by Gasteiger charge is 2.15. The Morgan fingerprint density at radius 3 is 1.90 bits per heavy atom. The molecule has 1 rings (SSSR count). The van der Waals surface area contributed by atoms with Crippen LogP contribution in [-0.2, 0) is 16.4 Å². The maximum absolute atomic E-state index is 11.4. The van der Waals surface area contributed by atoms with Gasteiger partial charge in [0.25, 0.3) is 0 Å². The van der Waals surface area contributed by atoms with E-state index in [2.05, 4.69) is 0 Å². The minimum absolute atomic E-state index is 0.386. The van der Waals surface area contributed by atoms with E-state index in [4.69, 9.17) is 14.2 Å². The average molecular weight is 303 g/mol. The fourth-order valence-corrected chi connectivity index (χ4v) is 2.16. The van der Waals surface area contributed by atoms with Crippen molar-refractivity contribution >= 4 is 10.0 Å². The molecule has 7 heteroatoms. The summed E-state index contributed by atoms with van der Waals surface area (Å²) < 4.78 is 39.8. The second kappa shape index (κ2) is 6.81. The molecule has 0 atom stereocenters. The molecule has 0 unspecified atom stereocenters. The molecule has 0 aliphatic carbocycles. The maximum atomic E-state index is 11.4. The van der Waals surface area contributed by atoms with Crippen LogP contribution >= 0.6 is 0 Å². The fraction of sp³-hybridized carbons (Fsp3) is 0.538. The molecule has 0 amide bonds. The van der Waals surface area contributed by atoms with Gasteiger partial charge in [-0.25, -0.2) is 12.7 Å². The topological polar surface area (TPSA) is 65.1 Å². The van der Waals surface area contributed by atoms with Gasteiger partial charge in [0.2, 0.25) is 15.8 Å². The van der Waals surface area contributed by atoms with Crippen LogP contribution in [0.5, 0.6) is 17.2 Å². The molecule has 0 aliphatic heterocycles. The number of methoxy groups -OCH3 is 3. The first kappa shape index (κ1) is 16.6. The van der Waals surface area contributed by atoms with Crippen LogP contribution in [0.3, 0.4) is 0 Å². The molecule has 0 radical (unpaired) electrons. The number of likely N-dealkylation sites (N-methyl/N-ethyl adjacent to an activating group) is 1. The largest absolute Gasteiger partial charge is 0.493 e. The zero-order valence-corrected chi connectivity index (χ0v) is 13.3. The molecular formula is C13H21NO5S. The van der Waals surface area contributed by atoms with E-state index in [1.165, 1.54) is 17.7 Å². The summed E-state index contributed by atoms with van der Waals surface area (Å²) in [7, 11) is 3.01. The Hall–Kier alpha value is -1.47. The summed E-state index contributed by atoms with van der Waals surface area (Å²) in [6, 6.07) is 3.63. The first-order chi connectivity index (χ1) is 9.33. The summed E-state index contributed by atoms with van der Waals surface area (Å²) in [5, 5.41) is 0. The predicted molar refractivity (Wildman–Crippen MR) is 77.3 cm³/mol. The Kier molecular flexibility index (Phi) is 5.64. The smallest absolute Gasteiger partial charge is 0.210 e. The zero-order chi connectivity index (χ0) is 15.3. The molecule has 0 heterocycles. The van der Waals surface area contributed by atoms with Gasteiger partial charge in [-0.15, -0.1) is 0 Å². The Balaban J connectivity index is 2.97. The summed E-state index contributed by atoms with van der Waals surface area (Å²) in [5.74, 6) is 1.64. The van der Waals surface area contributed by atoms with Crippen LogP contribution in [0.2, 0.25) is 0 Å². The van der Waals surface area contributed by atoms with E-state index < -0.39 is 10.0 Å². The van der Waals surface area contributed by atoms with Gasteiger partial charge in [0.15, 0.2) is 11.5 Å². The normalized spacial score (nSPS) is 11.5. The van der Waals surface area contributed by atoms with Crippen LogP contribution in [0.4, 0.5) is 0 Å². The van der Waals surface area contributed by atoms with Crippen molar-refractivity contribution < 1.29 is 22.6 Å². The van der Waals surface area contributed by atoms with Crippen molar-refractivity contribution in [3.63, 3.8) is 0 Å². The molecule has 0 bridgehead atoms. The molecule has 0 aromatic heterocycles. The fourth-order valence-electron chi connectivity index (χ4n) is 1.73. The van der Waals surface area contributed by atoms with Crippen LogP contribution in [0.15, 0.2) is 12.1 Å². The van der Waals surface area contributed by atoms with Crippen molar-refractivity contribution in [1.82, 2.24) is 4.31 Å². The molecule has 0 fully saturated rings. The monoisotopic (exact) mass is 303 g/mol. The Labute approximate surface area is 120 Å². The molecule has 0 aliphatic rings. The third-order valence-electron chi connectivity index (χ3n) is 3.01. The van der Waals surface area contributed by atoms with E-state index in [1.54, 1.807) is 21.3 Å². The van der Waals surface area contributed by atoms with Gasteiger partial charge >= 0.3 is 0 Å². The summed E-state index contributed by atoms with van der Waals surface area (Å²) in [6.45, 7) is 0.386. The van der Waals surface area contributed by atoms with Gasteiger partial charge in [0.05, 0.1) is 27.6 Å². The highest BCUT2D eigenvalue weighted by molar-refractivity contribution is 7.88. The van der Waals surface area contributed by atoms with Gasteiger partial charge in [0, 0.05) is 13.6 Å². The summed E-state index contributed by atoms with van der Waals surface area (Å²) in [4.78, 5) is 0. The molecular weight excluding hydrogens is 282 g/mol. The van der Waals surface area contributed by atoms with E-state index in [1.807, 2.05) is 12.1 Å². The van der Waals surface area contributed by atoms with Crippen LogP contribution in [0.25, 0.3) is 0 Å². The Morgan fingerprint density at radius 2 is 1.55 bits per heavy atom. The molecule has 0 saturated heterocycles. The highest BCUT2D eigenvalue weighted by atomic mass is 32.2. The maximum Gasteiger partial charge on any atom is 0.210 e. The number of benzene rings is 1. The van der Waals surface area contributed by atoms with Crippen molar-refractivity contribution in [1.29, 1.82) is 0 Å². The minimum Gasteiger partial charge on any atom is -0.493 e. The van der Waals surface area contributed by atoms with Crippen molar-refractivity contribution in [2.45, 2.75) is 6.42 Å². The lowest BCUT2D eigenvalue weighted by atomic mass is 10.1. The first-order valence-corrected chi connectivity index (χ1v) is 7.88. The summed E-state index contributed by atoms with van der Waals surface area (Å²) in [5.41, 5.74) is 0.912. The zero-order valence-electron chi connectivity index (χ0n) is 12.5. The van der Waals surface area contributed by atoms with E-state index in [0.717, 1.165) is 5.56 Å². The highest BCUT2D eigenvalue weighted by Crippen LogP contribution is 2.38. The quantitative estimate of drug-likeness (QED) is 0.756. The standard InChI is InChI=1S/C13H21NO5S/c1-14(20(5,15)16)7-6-10-8-11(17-2)13(19-4)12(9-10)18-3/h8-9H,6-7H2,1-5H3. The van der Waals surface area contributed by atoms with E-state index >= 15 is 0 Å². The van der Waals surface area contributed by atoms with Gasteiger partial charge in [-0.05, 0) is 24.1 Å². The van der Waals surface area contributed by atoms with Crippen LogP contribution in [0, 0.1) is 0 Å². The number of hydrogen-bond donors (Lipinski definition) is 0. The van der Waals surface area contributed by atoms with Crippen molar-refractivity contribution in [2.75, 3.05) is 41.2 Å². The third-order valence-corrected chi connectivity index (χ3v) is 4.32. The van der Waals surface area contributed by atoms with Gasteiger partial charge in [-0.3, -0.25) is 0 Å². The molecule has 0 N–H and O–H groups in total. The average Bonchev–Trinajstić information content (AvgIpc) is 2.42. The lowest BCUT2D eigenvalue weighted by Gasteiger charge is -2.16. The van der Waals surface area contributed by atoms with Crippen molar-refractivity contribution in [3.8, 4) is 17.2 Å². The number of rotatable bonds is 7. The van der Waals surface area contributed by atoms with Crippen LogP contribution < -0.4 is 14.2 Å². The van der Waals surface area contributed by atoms with Crippen LogP contribution in [0.1, 0.15) is 5.56 Å². The summed E-state index contributed by atoms with van der Waals surface area (Å²) in [6.07, 6.45) is 1.74. The second-order valence-electron chi connectivity index (χ2n) is 4.37. The Morgan fingerprint density at radius 1 is 1.05 bits per heavy atom. The molecule has 114 valence electrons. The van der Waals surface area contributed by atoms with Gasteiger partial charge in [-0.1, -0.05) is 0 Å². The van der Waals surface area contributed by atoms with E-state index in [0.29, 0.717) is 30.2 Å². The number of hydrogen-bond acceptors (Lipinski definition) is 5. The lowest BCUT2D eigenvalue weighted by Crippen LogP contribution is -2.27. The first-order valence-electron chi connectivity index (χ1n) is 6.03. The number of ether oxygens (including phenoxy) is 3. The minimum atomic E-state index is -3.17. The summed E-state index contributed by atoms with van der Waals surface area (Å²) >= 11 is 0. The van der Waals surface area contributed by atoms with E-state index in [-0.39, 0.29) is 0 Å². The molecule has 1 aromatic rings. The lowest BCUT2D eigenvalue weighted by molar-refractivity contribution is 0.323. The van der Waals surface area contributed by atoms with Crippen LogP contribution in [-0.4, -0.2) is 53.9 Å². The molecule has 20 heavy (non-hydrogen) atoms. The van der Waals surface area contributed by atoms with Gasteiger partial charge < -0.3 is 14.2 Å². The molecule has 1 aromatic carbocycles. The number of nitrogens with zero attached hydrogens (tertiary/aromatic N) is 1. The van der Waals surface area contributed by atoms with Crippen molar-refractivity contribution in [3.05, 3.63) is 17.7 Å². The molecule has 0 saturated carbocycles. The second-order valence-corrected chi connectivity index (χ2v) is 6.46. The number of sulfonamides is 1. The molecule has 6 nitrogen and oxygen atoms in total. The SMILES string of the molecule is COc1cc(CCN(C)S(C)(=O)=O)cc(OC)c1OC. The molecule has 0 spiro atoms. The van der Waals surface area contributed by atoms with E-state index in [9.17, 15) is 8.42 Å². The third kappa shape index (κ3) is 4.01.